The molecule has 1 saturated heterocycles. The van der Waals surface area contributed by atoms with Gasteiger partial charge in [0.15, 0.2) is 14.1 Å². The minimum absolute atomic E-state index is 0.0263. The molecule has 1 amide bonds. The van der Waals surface area contributed by atoms with E-state index in [9.17, 15) is 9.59 Å². The molecule has 1 heterocycles. The zero-order valence-electron chi connectivity index (χ0n) is 23.7. The Morgan fingerprint density at radius 3 is 2.18 bits per heavy atom. The van der Waals surface area contributed by atoms with E-state index in [2.05, 4.69) is 58.1 Å². The van der Waals surface area contributed by atoms with E-state index in [4.69, 9.17) is 18.6 Å². The molecule has 1 fully saturated rings. The van der Waals surface area contributed by atoms with Crippen molar-refractivity contribution in [2.75, 3.05) is 26.4 Å². The molecule has 0 spiro atoms. The zero-order valence-corrected chi connectivity index (χ0v) is 24.7. The van der Waals surface area contributed by atoms with E-state index in [1.165, 1.54) is 4.90 Å². The summed E-state index contributed by atoms with van der Waals surface area (Å²) < 4.78 is 24.0. The van der Waals surface area contributed by atoms with Gasteiger partial charge in [0.1, 0.15) is 25.0 Å². The first-order valence-corrected chi connectivity index (χ1v) is 16.3. The standard InChI is InChI=1S/C30H41NO6Si/c1-29(2,3)38(6,7)36-18-21(17-32)31(16-22-19-35-30(4,5)37-22)28(33)34-20-27-25-14-10-8-12-23(25)24-13-9-11-15-26(24)27/h8-15,17,21-22,27H,16,18-20H2,1-7H3/t21-,22+/m1/s1. The van der Waals surface area contributed by atoms with E-state index in [0.29, 0.717) is 6.61 Å². The number of amides is 1. The van der Waals surface area contributed by atoms with E-state index >= 15 is 0 Å². The van der Waals surface area contributed by atoms with Gasteiger partial charge in [-0.3, -0.25) is 4.90 Å². The van der Waals surface area contributed by atoms with Gasteiger partial charge in [-0.2, -0.15) is 0 Å². The minimum Gasteiger partial charge on any atom is -0.448 e. The summed E-state index contributed by atoms with van der Waals surface area (Å²) >= 11 is 0. The van der Waals surface area contributed by atoms with Crippen LogP contribution in [-0.2, 0) is 23.4 Å². The van der Waals surface area contributed by atoms with Gasteiger partial charge in [-0.15, -0.1) is 0 Å². The average Bonchev–Trinajstić information content (AvgIpc) is 3.37. The average molecular weight is 540 g/mol. The molecule has 38 heavy (non-hydrogen) atoms. The first-order chi connectivity index (χ1) is 17.8. The predicted octanol–water partition coefficient (Wildman–Crippen LogP) is 5.98. The van der Waals surface area contributed by atoms with Crippen LogP contribution in [0.2, 0.25) is 18.1 Å². The monoisotopic (exact) mass is 539 g/mol. The van der Waals surface area contributed by atoms with Gasteiger partial charge in [-0.1, -0.05) is 69.3 Å². The second-order valence-corrected chi connectivity index (χ2v) is 17.0. The van der Waals surface area contributed by atoms with Crippen molar-refractivity contribution in [3.05, 3.63) is 59.7 Å². The number of ether oxygens (including phenoxy) is 3. The van der Waals surface area contributed by atoms with Crippen molar-refractivity contribution in [1.82, 2.24) is 4.90 Å². The molecule has 2 aromatic carbocycles. The van der Waals surface area contributed by atoms with Crippen LogP contribution < -0.4 is 0 Å². The largest absolute Gasteiger partial charge is 0.448 e. The Balaban J connectivity index is 1.52. The molecular weight excluding hydrogens is 498 g/mol. The summed E-state index contributed by atoms with van der Waals surface area (Å²) in [6, 6.07) is 15.6. The highest BCUT2D eigenvalue weighted by Gasteiger charge is 2.41. The molecule has 0 bridgehead atoms. The number of nitrogens with zero attached hydrogens (tertiary/aromatic N) is 1. The number of fused-ring (bicyclic) bond motifs is 3. The van der Waals surface area contributed by atoms with Crippen molar-refractivity contribution in [1.29, 1.82) is 0 Å². The third-order valence-corrected chi connectivity index (χ3v) is 12.5. The van der Waals surface area contributed by atoms with Crippen molar-refractivity contribution in [2.45, 2.75) is 76.6 Å². The van der Waals surface area contributed by atoms with E-state index in [0.717, 1.165) is 28.5 Å². The van der Waals surface area contributed by atoms with Crippen LogP contribution in [0.15, 0.2) is 48.5 Å². The van der Waals surface area contributed by atoms with Crippen LogP contribution in [0.4, 0.5) is 4.79 Å². The number of hydrogen-bond acceptors (Lipinski definition) is 6. The molecule has 2 aromatic rings. The second-order valence-electron chi connectivity index (χ2n) is 12.2. The molecule has 0 radical (unpaired) electrons. The number of carbonyl (C=O) groups excluding carboxylic acids is 2. The second kappa shape index (κ2) is 10.9. The van der Waals surface area contributed by atoms with Crippen molar-refractivity contribution in [3.8, 4) is 11.1 Å². The molecule has 4 rings (SSSR count). The lowest BCUT2D eigenvalue weighted by molar-refractivity contribution is -0.141. The summed E-state index contributed by atoms with van der Waals surface area (Å²) in [6.45, 7) is 15.1. The number of hydrogen-bond donors (Lipinski definition) is 0. The molecule has 7 nitrogen and oxygen atoms in total. The van der Waals surface area contributed by atoms with Crippen molar-refractivity contribution >= 4 is 20.7 Å². The minimum atomic E-state index is -2.14. The van der Waals surface area contributed by atoms with Gasteiger partial charge in [0.05, 0.1) is 19.8 Å². The maximum Gasteiger partial charge on any atom is 0.410 e. The van der Waals surface area contributed by atoms with Crippen molar-refractivity contribution in [3.63, 3.8) is 0 Å². The van der Waals surface area contributed by atoms with Crippen LogP contribution in [0.1, 0.15) is 51.7 Å². The molecule has 0 saturated carbocycles. The van der Waals surface area contributed by atoms with Crippen LogP contribution in [0.5, 0.6) is 0 Å². The number of benzene rings is 2. The van der Waals surface area contributed by atoms with Crippen LogP contribution in [-0.4, -0.2) is 69.9 Å². The molecular formula is C30H41NO6Si. The molecule has 206 valence electrons. The molecule has 0 aromatic heterocycles. The summed E-state index contributed by atoms with van der Waals surface area (Å²) in [7, 11) is -2.14. The SMILES string of the molecule is CC1(C)OC[C@H](CN(C(=O)OCC2c3ccccc3-c3ccccc32)[C@H](C=O)CO[Si](C)(C)C(C)(C)C)O1. The van der Waals surface area contributed by atoms with Crippen molar-refractivity contribution in [2.24, 2.45) is 0 Å². The summed E-state index contributed by atoms with van der Waals surface area (Å²) in [5.74, 6) is -0.817. The van der Waals surface area contributed by atoms with E-state index < -0.39 is 26.2 Å². The Labute approximate surface area is 227 Å². The van der Waals surface area contributed by atoms with E-state index in [1.807, 2.05) is 38.1 Å². The maximum atomic E-state index is 13.6. The Hall–Kier alpha value is -2.52. The lowest BCUT2D eigenvalue weighted by Crippen LogP contribution is -2.51. The van der Waals surface area contributed by atoms with E-state index in [-0.39, 0.29) is 36.8 Å². The first kappa shape index (κ1) is 28.5. The molecule has 0 unspecified atom stereocenters. The molecule has 1 aliphatic heterocycles. The summed E-state index contributed by atoms with van der Waals surface area (Å²) in [5, 5.41) is -0.0263. The van der Waals surface area contributed by atoms with Gasteiger partial charge in [-0.05, 0) is 54.2 Å². The molecule has 2 atom stereocenters. The highest BCUT2D eigenvalue weighted by atomic mass is 28.4. The van der Waals surface area contributed by atoms with Gasteiger partial charge >= 0.3 is 6.09 Å². The Bertz CT molecular complexity index is 1110. The summed E-state index contributed by atoms with van der Waals surface area (Å²) in [6.07, 6.45) is -0.160. The Morgan fingerprint density at radius 1 is 1.11 bits per heavy atom. The first-order valence-electron chi connectivity index (χ1n) is 13.4. The van der Waals surface area contributed by atoms with Gasteiger partial charge < -0.3 is 23.4 Å². The molecule has 1 aliphatic carbocycles. The van der Waals surface area contributed by atoms with Gasteiger partial charge in [0.2, 0.25) is 0 Å². The van der Waals surface area contributed by atoms with E-state index in [1.54, 1.807) is 0 Å². The maximum absolute atomic E-state index is 13.6. The van der Waals surface area contributed by atoms with Gasteiger partial charge in [0, 0.05) is 5.92 Å². The fourth-order valence-corrected chi connectivity index (χ4v) is 5.83. The lowest BCUT2D eigenvalue weighted by Gasteiger charge is -2.38. The zero-order chi connectivity index (χ0) is 27.7. The van der Waals surface area contributed by atoms with Crippen LogP contribution in [0.25, 0.3) is 11.1 Å². The fourth-order valence-electron chi connectivity index (χ4n) is 4.81. The summed E-state index contributed by atoms with van der Waals surface area (Å²) in [5.41, 5.74) is 4.59. The quantitative estimate of drug-likeness (QED) is 0.288. The highest BCUT2D eigenvalue weighted by Crippen LogP contribution is 2.44. The summed E-state index contributed by atoms with van der Waals surface area (Å²) in [4.78, 5) is 27.4. The van der Waals surface area contributed by atoms with Gasteiger partial charge in [0.25, 0.3) is 0 Å². The van der Waals surface area contributed by atoms with Crippen LogP contribution in [0, 0.1) is 0 Å². The molecule has 2 aliphatic rings. The van der Waals surface area contributed by atoms with Gasteiger partial charge in [-0.25, -0.2) is 4.79 Å². The number of carbonyl (C=O) groups is 2. The van der Waals surface area contributed by atoms with Crippen LogP contribution >= 0.6 is 0 Å². The fraction of sp³-hybridized carbons (Fsp3) is 0.533. The third kappa shape index (κ3) is 6.04. The molecule has 8 heteroatoms. The topological polar surface area (TPSA) is 74.3 Å². The Kier molecular flexibility index (Phi) is 8.19. The number of aldehydes is 1. The Morgan fingerprint density at radius 2 is 1.68 bits per heavy atom. The molecule has 0 N–H and O–H groups in total. The number of rotatable bonds is 9. The smallest absolute Gasteiger partial charge is 0.410 e. The van der Waals surface area contributed by atoms with Crippen LogP contribution in [0.3, 0.4) is 0 Å². The predicted molar refractivity (Wildman–Crippen MR) is 150 cm³/mol. The lowest BCUT2D eigenvalue weighted by atomic mass is 9.98. The normalized spacial score (nSPS) is 19.5. The van der Waals surface area contributed by atoms with Crippen molar-refractivity contribution < 1.29 is 28.2 Å². The third-order valence-electron chi connectivity index (χ3n) is 8.02. The highest BCUT2D eigenvalue weighted by molar-refractivity contribution is 6.74.